The molecule has 3 rings (SSSR count). The summed E-state index contributed by atoms with van der Waals surface area (Å²) in [6.07, 6.45) is 6.03. The van der Waals surface area contributed by atoms with Crippen molar-refractivity contribution in [3.63, 3.8) is 0 Å². The average molecular weight is 484 g/mol. The summed E-state index contributed by atoms with van der Waals surface area (Å²) >= 11 is 6.05. The predicted octanol–water partition coefficient (Wildman–Crippen LogP) is 5.22. The zero-order valence-electron chi connectivity index (χ0n) is 19.8. The zero-order valence-corrected chi connectivity index (χ0v) is 20.5. The number of nitrogens with zero attached hydrogens (tertiary/aromatic N) is 2. The molecule has 7 nitrogen and oxygen atoms in total. The molecule has 1 heterocycles. The summed E-state index contributed by atoms with van der Waals surface area (Å²) in [7, 11) is 1.59. The van der Waals surface area contributed by atoms with Gasteiger partial charge in [0.1, 0.15) is 5.82 Å². The monoisotopic (exact) mass is 483 g/mol. The number of rotatable bonds is 11. The maximum absolute atomic E-state index is 13.0. The van der Waals surface area contributed by atoms with Gasteiger partial charge in [0.15, 0.2) is 11.5 Å². The number of hydrogen-bond donors (Lipinski definition) is 1. The molecule has 1 aromatic heterocycles. The summed E-state index contributed by atoms with van der Waals surface area (Å²) in [6.45, 7) is 5.43. The number of methoxy groups -OCH3 is 1. The van der Waals surface area contributed by atoms with Gasteiger partial charge in [0.25, 0.3) is 5.56 Å². The fourth-order valence-electron chi connectivity index (χ4n) is 3.46. The maximum atomic E-state index is 13.0. The van der Waals surface area contributed by atoms with Gasteiger partial charge >= 0.3 is 0 Å². The fourth-order valence-corrected chi connectivity index (χ4v) is 3.63. The van der Waals surface area contributed by atoms with Crippen LogP contribution in [0.3, 0.4) is 0 Å². The van der Waals surface area contributed by atoms with E-state index in [-0.39, 0.29) is 18.0 Å². The number of aromatic nitrogens is 2. The van der Waals surface area contributed by atoms with Crippen LogP contribution in [0.15, 0.2) is 47.3 Å². The summed E-state index contributed by atoms with van der Waals surface area (Å²) < 4.78 is 11.2. The van der Waals surface area contributed by atoms with Crippen LogP contribution in [-0.2, 0) is 11.3 Å². The molecule has 0 aliphatic heterocycles. The Morgan fingerprint density at radius 1 is 1.15 bits per heavy atom. The fraction of sp³-hybridized carbons (Fsp3) is 0.346. The lowest BCUT2D eigenvalue weighted by atomic mass is 10.2. The van der Waals surface area contributed by atoms with Crippen LogP contribution in [0, 0.1) is 0 Å². The van der Waals surface area contributed by atoms with Gasteiger partial charge in [-0.1, -0.05) is 37.9 Å². The van der Waals surface area contributed by atoms with Crippen LogP contribution in [0.1, 0.15) is 44.5 Å². The second-order valence-corrected chi connectivity index (χ2v) is 8.32. The molecular formula is C26H30ClN3O4. The Hall–Kier alpha value is -3.32. The van der Waals surface area contributed by atoms with Crippen molar-refractivity contribution < 1.29 is 14.3 Å². The lowest BCUT2D eigenvalue weighted by molar-refractivity contribution is -0.126. The first-order chi connectivity index (χ1) is 16.4. The molecule has 8 heteroatoms. The average Bonchev–Trinajstić information content (AvgIpc) is 2.82. The number of H-pyrrole nitrogens is 1. The van der Waals surface area contributed by atoms with Crippen LogP contribution in [-0.4, -0.2) is 41.0 Å². The van der Waals surface area contributed by atoms with E-state index in [0.29, 0.717) is 46.4 Å². The van der Waals surface area contributed by atoms with Crippen LogP contribution in [0.2, 0.25) is 5.02 Å². The van der Waals surface area contributed by atoms with E-state index in [2.05, 4.69) is 16.9 Å². The normalized spacial score (nSPS) is 11.2. The lowest BCUT2D eigenvalue weighted by Gasteiger charge is -2.20. The maximum Gasteiger partial charge on any atom is 0.258 e. The van der Waals surface area contributed by atoms with Crippen molar-refractivity contribution in [3.05, 3.63) is 69.2 Å². The molecule has 0 unspecified atom stereocenters. The molecule has 0 bridgehead atoms. The number of aromatic amines is 1. The zero-order chi connectivity index (χ0) is 24.5. The van der Waals surface area contributed by atoms with Gasteiger partial charge in [-0.05, 0) is 54.8 Å². The van der Waals surface area contributed by atoms with E-state index in [9.17, 15) is 9.59 Å². The highest BCUT2D eigenvalue weighted by Gasteiger charge is 2.14. The number of fused-ring (bicyclic) bond motifs is 1. The minimum Gasteiger partial charge on any atom is -0.493 e. The van der Waals surface area contributed by atoms with Crippen LogP contribution in [0.5, 0.6) is 11.5 Å². The minimum atomic E-state index is -0.260. The predicted molar refractivity (Wildman–Crippen MR) is 136 cm³/mol. The minimum absolute atomic E-state index is 0.182. The summed E-state index contributed by atoms with van der Waals surface area (Å²) in [5, 5.41) is 0.954. The molecule has 0 atom stereocenters. The Kier molecular flexibility index (Phi) is 9.10. The topological polar surface area (TPSA) is 84.5 Å². The third-order valence-electron chi connectivity index (χ3n) is 5.22. The molecule has 180 valence electrons. The summed E-state index contributed by atoms with van der Waals surface area (Å²) in [6, 6.07) is 10.5. The highest BCUT2D eigenvalue weighted by molar-refractivity contribution is 6.31. The largest absolute Gasteiger partial charge is 0.493 e. The number of halogens is 1. The molecule has 1 amide bonds. The quantitative estimate of drug-likeness (QED) is 0.298. The molecule has 34 heavy (non-hydrogen) atoms. The smallest absolute Gasteiger partial charge is 0.258 e. The number of ether oxygens (including phenoxy) is 2. The van der Waals surface area contributed by atoms with Crippen molar-refractivity contribution in [2.45, 2.75) is 39.7 Å². The third-order valence-corrected chi connectivity index (χ3v) is 5.46. The van der Waals surface area contributed by atoms with Crippen molar-refractivity contribution in [2.75, 3.05) is 20.3 Å². The van der Waals surface area contributed by atoms with Gasteiger partial charge in [-0.15, -0.1) is 0 Å². The Morgan fingerprint density at radius 2 is 1.97 bits per heavy atom. The van der Waals surface area contributed by atoms with Gasteiger partial charge in [0, 0.05) is 17.6 Å². The molecule has 0 aliphatic carbocycles. The Labute approximate surface area is 204 Å². The molecule has 0 fully saturated rings. The van der Waals surface area contributed by atoms with Crippen molar-refractivity contribution in [2.24, 2.45) is 0 Å². The van der Waals surface area contributed by atoms with Crippen LogP contribution in [0.25, 0.3) is 17.0 Å². The Morgan fingerprint density at radius 3 is 2.71 bits per heavy atom. The molecule has 0 saturated carbocycles. The number of carbonyl (C=O) groups excluding carboxylic acids is 1. The van der Waals surface area contributed by atoms with Crippen molar-refractivity contribution in [1.82, 2.24) is 14.9 Å². The van der Waals surface area contributed by atoms with E-state index in [1.807, 2.05) is 25.1 Å². The molecule has 0 radical (unpaired) electrons. The number of unbranched alkanes of at least 4 members (excludes halogenated alkanes) is 1. The van der Waals surface area contributed by atoms with Gasteiger partial charge < -0.3 is 19.4 Å². The van der Waals surface area contributed by atoms with Gasteiger partial charge in [-0.3, -0.25) is 9.59 Å². The number of carbonyl (C=O) groups is 1. The second kappa shape index (κ2) is 12.2. The van der Waals surface area contributed by atoms with E-state index in [1.54, 1.807) is 36.3 Å². The van der Waals surface area contributed by atoms with Crippen LogP contribution < -0.4 is 15.0 Å². The number of amides is 1. The summed E-state index contributed by atoms with van der Waals surface area (Å²) in [4.78, 5) is 34.3. The van der Waals surface area contributed by atoms with E-state index in [0.717, 1.165) is 24.8 Å². The van der Waals surface area contributed by atoms with Gasteiger partial charge in [-0.25, -0.2) is 4.98 Å². The molecule has 0 saturated heterocycles. The molecule has 1 N–H and O–H groups in total. The van der Waals surface area contributed by atoms with Gasteiger partial charge in [0.2, 0.25) is 5.91 Å². The van der Waals surface area contributed by atoms with Crippen molar-refractivity contribution in [1.29, 1.82) is 0 Å². The lowest BCUT2D eigenvalue weighted by Crippen LogP contribution is -2.31. The third kappa shape index (κ3) is 6.60. The van der Waals surface area contributed by atoms with Gasteiger partial charge in [-0.2, -0.15) is 0 Å². The number of hydrogen-bond acceptors (Lipinski definition) is 5. The number of benzene rings is 2. The molecule has 2 aromatic carbocycles. The first-order valence-corrected chi connectivity index (χ1v) is 11.8. The molecule has 0 spiro atoms. The van der Waals surface area contributed by atoms with E-state index < -0.39 is 0 Å². The van der Waals surface area contributed by atoms with Crippen LogP contribution in [0.4, 0.5) is 0 Å². The van der Waals surface area contributed by atoms with Gasteiger partial charge in [0.05, 0.1) is 31.2 Å². The Bertz CT molecular complexity index is 1220. The second-order valence-electron chi connectivity index (χ2n) is 7.88. The van der Waals surface area contributed by atoms with E-state index in [4.69, 9.17) is 21.1 Å². The molecule has 3 aromatic rings. The highest BCUT2D eigenvalue weighted by atomic mass is 35.5. The highest BCUT2D eigenvalue weighted by Crippen LogP contribution is 2.28. The Balaban J connectivity index is 1.76. The standard InChI is InChI=1S/C26H30ClN3O4/c1-4-6-14-34-22-11-7-18(15-23(22)33-3)8-12-25(31)30(13-5-2)17-24-28-21-16-19(27)9-10-20(21)26(32)29-24/h7-12,15-16H,4-6,13-14,17H2,1-3H3,(H,28,29,32)/b12-8+. The van der Waals surface area contributed by atoms with Crippen molar-refractivity contribution >= 4 is 34.5 Å². The molecular weight excluding hydrogens is 454 g/mol. The van der Waals surface area contributed by atoms with Crippen LogP contribution >= 0.6 is 11.6 Å². The van der Waals surface area contributed by atoms with E-state index in [1.165, 1.54) is 6.08 Å². The first-order valence-electron chi connectivity index (χ1n) is 11.4. The number of nitrogens with one attached hydrogen (secondary N) is 1. The summed E-state index contributed by atoms with van der Waals surface area (Å²) in [5.74, 6) is 1.52. The first kappa shape index (κ1) is 25.3. The summed E-state index contributed by atoms with van der Waals surface area (Å²) in [5.41, 5.74) is 1.06. The van der Waals surface area contributed by atoms with Crippen molar-refractivity contribution in [3.8, 4) is 11.5 Å². The van der Waals surface area contributed by atoms with E-state index >= 15 is 0 Å². The molecule has 0 aliphatic rings. The SMILES string of the molecule is CCCCOc1ccc(/C=C/C(=O)N(CCC)Cc2nc3cc(Cl)ccc3c(=O)[nH]2)cc1OC.